The molecule has 78 valence electrons. The molecule has 2 heterocycles. The van der Waals surface area contributed by atoms with Gasteiger partial charge in [0.2, 0.25) is 0 Å². The number of fused-ring (bicyclic) bond motifs is 1. The molecule has 1 aromatic carbocycles. The Labute approximate surface area is 91.5 Å². The Morgan fingerprint density at radius 3 is 2.81 bits per heavy atom. The summed E-state index contributed by atoms with van der Waals surface area (Å²) >= 11 is 0. The SMILES string of the molecule is O=Cc1c[nH]n2cc(-c3ccccc3)nc12. The number of rotatable bonds is 2. The molecule has 0 aliphatic carbocycles. The minimum absolute atomic E-state index is 0.571. The molecule has 4 heteroatoms. The summed E-state index contributed by atoms with van der Waals surface area (Å²) in [6, 6.07) is 9.86. The van der Waals surface area contributed by atoms with Crippen LogP contribution in [0.1, 0.15) is 10.4 Å². The number of benzene rings is 1. The van der Waals surface area contributed by atoms with E-state index in [0.717, 1.165) is 17.5 Å². The number of imidazole rings is 1. The van der Waals surface area contributed by atoms with Crippen molar-refractivity contribution in [2.24, 2.45) is 0 Å². The highest BCUT2D eigenvalue weighted by Gasteiger charge is 2.08. The molecule has 0 bridgehead atoms. The smallest absolute Gasteiger partial charge is 0.164 e. The Morgan fingerprint density at radius 1 is 1.25 bits per heavy atom. The van der Waals surface area contributed by atoms with Crippen molar-refractivity contribution >= 4 is 11.9 Å². The molecule has 0 radical (unpaired) electrons. The number of aldehydes is 1. The molecule has 4 nitrogen and oxygen atoms in total. The zero-order chi connectivity index (χ0) is 11.0. The lowest BCUT2D eigenvalue weighted by Crippen LogP contribution is -1.79. The number of aromatic amines is 1. The molecule has 16 heavy (non-hydrogen) atoms. The van der Waals surface area contributed by atoms with E-state index < -0.39 is 0 Å². The zero-order valence-electron chi connectivity index (χ0n) is 8.42. The van der Waals surface area contributed by atoms with E-state index in [-0.39, 0.29) is 0 Å². The minimum atomic E-state index is 0.571. The highest BCUT2D eigenvalue weighted by molar-refractivity contribution is 5.84. The Kier molecular flexibility index (Phi) is 1.86. The zero-order valence-corrected chi connectivity index (χ0v) is 8.42. The van der Waals surface area contributed by atoms with Crippen LogP contribution in [0.25, 0.3) is 16.9 Å². The number of hydrogen-bond acceptors (Lipinski definition) is 2. The van der Waals surface area contributed by atoms with Gasteiger partial charge in [-0.3, -0.25) is 9.89 Å². The van der Waals surface area contributed by atoms with E-state index in [1.807, 2.05) is 36.5 Å². The third-order valence-electron chi connectivity index (χ3n) is 2.52. The fraction of sp³-hybridized carbons (Fsp3) is 0. The van der Waals surface area contributed by atoms with Crippen LogP contribution in [0.2, 0.25) is 0 Å². The van der Waals surface area contributed by atoms with Gasteiger partial charge >= 0.3 is 0 Å². The number of H-pyrrole nitrogens is 1. The molecule has 0 amide bonds. The first-order valence-electron chi connectivity index (χ1n) is 4.95. The summed E-state index contributed by atoms with van der Waals surface area (Å²) in [6.07, 6.45) is 4.31. The molecule has 0 atom stereocenters. The quantitative estimate of drug-likeness (QED) is 0.660. The van der Waals surface area contributed by atoms with Crippen molar-refractivity contribution < 1.29 is 4.79 Å². The van der Waals surface area contributed by atoms with Gasteiger partial charge in [0.25, 0.3) is 0 Å². The van der Waals surface area contributed by atoms with Crippen molar-refractivity contribution in [3.63, 3.8) is 0 Å². The lowest BCUT2D eigenvalue weighted by Gasteiger charge is -1.92. The van der Waals surface area contributed by atoms with Gasteiger partial charge in [0, 0.05) is 11.8 Å². The van der Waals surface area contributed by atoms with Gasteiger partial charge in [-0.2, -0.15) is 0 Å². The van der Waals surface area contributed by atoms with E-state index in [1.165, 1.54) is 0 Å². The second-order valence-electron chi connectivity index (χ2n) is 3.53. The predicted molar refractivity (Wildman–Crippen MR) is 60.4 cm³/mol. The fourth-order valence-corrected chi connectivity index (χ4v) is 1.72. The summed E-state index contributed by atoms with van der Waals surface area (Å²) in [5.41, 5.74) is 3.13. The second-order valence-corrected chi connectivity index (χ2v) is 3.53. The van der Waals surface area contributed by atoms with E-state index >= 15 is 0 Å². The molecule has 3 aromatic rings. The van der Waals surface area contributed by atoms with E-state index in [9.17, 15) is 4.79 Å². The summed E-state index contributed by atoms with van der Waals surface area (Å²) in [5.74, 6) is 0. The third kappa shape index (κ3) is 1.24. The van der Waals surface area contributed by atoms with Crippen LogP contribution in [-0.2, 0) is 0 Å². The van der Waals surface area contributed by atoms with Crippen LogP contribution in [0.4, 0.5) is 0 Å². The minimum Gasteiger partial charge on any atom is -0.299 e. The number of nitrogens with one attached hydrogen (secondary N) is 1. The standard InChI is InChI=1S/C12H9N3O/c16-8-10-6-13-15-7-11(14-12(10)15)9-4-2-1-3-5-9/h1-8,13H. The number of carbonyl (C=O) groups excluding carboxylic acids is 1. The summed E-state index contributed by atoms with van der Waals surface area (Å²) in [6.45, 7) is 0. The maximum Gasteiger partial charge on any atom is 0.164 e. The molecular weight excluding hydrogens is 202 g/mol. The van der Waals surface area contributed by atoms with Crippen LogP contribution >= 0.6 is 0 Å². The van der Waals surface area contributed by atoms with Crippen LogP contribution in [0, 0.1) is 0 Å². The van der Waals surface area contributed by atoms with E-state index in [2.05, 4.69) is 10.1 Å². The molecule has 2 aromatic heterocycles. The van der Waals surface area contributed by atoms with E-state index in [0.29, 0.717) is 11.2 Å². The number of nitrogens with zero attached hydrogens (tertiary/aromatic N) is 2. The van der Waals surface area contributed by atoms with Gasteiger partial charge in [0.05, 0.1) is 17.5 Å². The topological polar surface area (TPSA) is 50.2 Å². The largest absolute Gasteiger partial charge is 0.299 e. The molecule has 0 aliphatic rings. The van der Waals surface area contributed by atoms with Crippen molar-refractivity contribution in [3.8, 4) is 11.3 Å². The van der Waals surface area contributed by atoms with Crippen LogP contribution in [0.5, 0.6) is 0 Å². The first kappa shape index (κ1) is 8.91. The summed E-state index contributed by atoms with van der Waals surface area (Å²) in [5, 5.41) is 2.95. The first-order chi connectivity index (χ1) is 7.88. The molecule has 3 rings (SSSR count). The molecule has 0 fully saturated rings. The van der Waals surface area contributed by atoms with Crippen molar-refractivity contribution in [1.82, 2.24) is 14.6 Å². The van der Waals surface area contributed by atoms with Gasteiger partial charge in [0.1, 0.15) is 0 Å². The van der Waals surface area contributed by atoms with Crippen molar-refractivity contribution in [2.45, 2.75) is 0 Å². The highest BCUT2D eigenvalue weighted by atomic mass is 16.1. The average Bonchev–Trinajstić information content (AvgIpc) is 2.89. The Morgan fingerprint density at radius 2 is 2.06 bits per heavy atom. The average molecular weight is 211 g/mol. The van der Waals surface area contributed by atoms with Crippen LogP contribution in [0.15, 0.2) is 42.7 Å². The van der Waals surface area contributed by atoms with E-state index in [4.69, 9.17) is 0 Å². The maximum atomic E-state index is 10.8. The molecule has 0 unspecified atom stereocenters. The first-order valence-corrected chi connectivity index (χ1v) is 4.95. The van der Waals surface area contributed by atoms with Gasteiger partial charge in [-0.1, -0.05) is 30.3 Å². The normalized spacial score (nSPS) is 10.8. The predicted octanol–water partition coefficient (Wildman–Crippen LogP) is 2.14. The fourth-order valence-electron chi connectivity index (χ4n) is 1.72. The molecule has 1 N–H and O–H groups in total. The monoisotopic (exact) mass is 211 g/mol. The maximum absolute atomic E-state index is 10.8. The summed E-state index contributed by atoms with van der Waals surface area (Å²) < 4.78 is 1.74. The highest BCUT2D eigenvalue weighted by Crippen LogP contribution is 2.19. The molecular formula is C12H9N3O. The van der Waals surface area contributed by atoms with Crippen molar-refractivity contribution in [2.75, 3.05) is 0 Å². The van der Waals surface area contributed by atoms with Crippen LogP contribution < -0.4 is 0 Å². The lowest BCUT2D eigenvalue weighted by molar-refractivity contribution is 0.112. The molecule has 0 spiro atoms. The Bertz CT molecular complexity index is 637. The van der Waals surface area contributed by atoms with Crippen LogP contribution in [-0.4, -0.2) is 20.9 Å². The van der Waals surface area contributed by atoms with Gasteiger partial charge in [-0.25, -0.2) is 9.50 Å². The molecule has 0 saturated heterocycles. The summed E-state index contributed by atoms with van der Waals surface area (Å²) in [7, 11) is 0. The number of carbonyl (C=O) groups is 1. The Balaban J connectivity index is 2.19. The lowest BCUT2D eigenvalue weighted by atomic mass is 10.2. The third-order valence-corrected chi connectivity index (χ3v) is 2.52. The van der Waals surface area contributed by atoms with Gasteiger partial charge in [-0.05, 0) is 0 Å². The summed E-state index contributed by atoms with van der Waals surface area (Å²) in [4.78, 5) is 15.2. The Hall–Kier alpha value is -2.36. The number of hydrogen-bond donors (Lipinski definition) is 1. The van der Waals surface area contributed by atoms with Gasteiger partial charge in [0.15, 0.2) is 11.9 Å². The van der Waals surface area contributed by atoms with Crippen LogP contribution in [0.3, 0.4) is 0 Å². The van der Waals surface area contributed by atoms with Gasteiger partial charge in [-0.15, -0.1) is 0 Å². The molecule has 0 aliphatic heterocycles. The van der Waals surface area contributed by atoms with Crippen molar-refractivity contribution in [3.05, 3.63) is 48.3 Å². The van der Waals surface area contributed by atoms with Crippen molar-refractivity contribution in [1.29, 1.82) is 0 Å². The van der Waals surface area contributed by atoms with Gasteiger partial charge < -0.3 is 0 Å². The number of aromatic nitrogens is 3. The van der Waals surface area contributed by atoms with E-state index in [1.54, 1.807) is 10.7 Å². The second kappa shape index (κ2) is 3.34. The molecule has 0 saturated carbocycles.